The average molecular weight is 506 g/mol. The van der Waals surface area contributed by atoms with E-state index in [2.05, 4.69) is 31.5 Å². The number of hydrogen-bond donors (Lipinski definition) is 1. The van der Waals surface area contributed by atoms with E-state index in [1.165, 1.54) is 18.4 Å². The van der Waals surface area contributed by atoms with E-state index in [1.807, 2.05) is 6.92 Å². The van der Waals surface area contributed by atoms with E-state index < -0.39 is 21.1 Å². The Morgan fingerprint density at radius 3 is 2.79 bits per heavy atom. The summed E-state index contributed by atoms with van der Waals surface area (Å²) in [5.41, 5.74) is 4.99. The SMILES string of the molecule is CC1=C(c2nc(C3(c4ccc(F)cc4Cl)CC3)no2)N(CCS(C)(=O)=O)NC1Br. The molecule has 1 N–H and O–H groups in total. The number of sulfone groups is 1. The zero-order chi connectivity index (χ0) is 21.0. The molecule has 4 rings (SSSR count). The minimum atomic E-state index is -3.14. The van der Waals surface area contributed by atoms with Crippen LogP contribution in [-0.2, 0) is 15.3 Å². The van der Waals surface area contributed by atoms with Gasteiger partial charge >= 0.3 is 0 Å². The van der Waals surface area contributed by atoms with Crippen LogP contribution in [0.1, 0.15) is 37.0 Å². The molecule has 0 radical (unpaired) electrons. The molecule has 1 saturated carbocycles. The summed E-state index contributed by atoms with van der Waals surface area (Å²) < 4.78 is 42.2. The number of hydrazine groups is 1. The lowest BCUT2D eigenvalue weighted by Crippen LogP contribution is -2.37. The van der Waals surface area contributed by atoms with Crippen LogP contribution in [0.25, 0.3) is 5.70 Å². The number of rotatable bonds is 6. The molecule has 1 aromatic heterocycles. The van der Waals surface area contributed by atoms with Crippen molar-refractivity contribution in [1.29, 1.82) is 0 Å². The van der Waals surface area contributed by atoms with Crippen LogP contribution in [0.4, 0.5) is 4.39 Å². The predicted octanol–water partition coefficient (Wildman–Crippen LogP) is 3.26. The summed E-state index contributed by atoms with van der Waals surface area (Å²) in [6.45, 7) is 2.13. The molecular formula is C18H19BrClFN4O3S. The molecule has 1 aliphatic carbocycles. The van der Waals surface area contributed by atoms with Gasteiger partial charge in [0.25, 0.3) is 5.89 Å². The maximum Gasteiger partial charge on any atom is 0.275 e. The average Bonchev–Trinajstić information content (AvgIpc) is 3.18. The predicted molar refractivity (Wildman–Crippen MR) is 111 cm³/mol. The Balaban J connectivity index is 1.66. The summed E-state index contributed by atoms with van der Waals surface area (Å²) in [5.74, 6) is 0.366. The summed E-state index contributed by atoms with van der Waals surface area (Å²) in [7, 11) is -3.14. The molecular weight excluding hydrogens is 487 g/mol. The number of hydrogen-bond acceptors (Lipinski definition) is 7. The van der Waals surface area contributed by atoms with Crippen LogP contribution in [-0.4, -0.2) is 47.1 Å². The Kier molecular flexibility index (Phi) is 5.25. The number of benzene rings is 1. The first-order valence-electron chi connectivity index (χ1n) is 8.97. The molecule has 0 spiro atoms. The van der Waals surface area contributed by atoms with E-state index in [9.17, 15) is 12.8 Å². The Hall–Kier alpha value is -1.49. The topological polar surface area (TPSA) is 88.3 Å². The van der Waals surface area contributed by atoms with Crippen LogP contribution in [0.2, 0.25) is 5.02 Å². The van der Waals surface area contributed by atoms with Gasteiger partial charge in [-0.3, -0.25) is 0 Å². The minimum absolute atomic E-state index is 0.0212. The van der Waals surface area contributed by atoms with Crippen LogP contribution >= 0.6 is 27.5 Å². The number of alkyl halides is 1. The van der Waals surface area contributed by atoms with Crippen molar-refractivity contribution in [3.8, 4) is 0 Å². The number of aromatic nitrogens is 2. The molecule has 11 heteroatoms. The van der Waals surface area contributed by atoms with Crippen molar-refractivity contribution in [2.45, 2.75) is 30.1 Å². The molecule has 2 aliphatic rings. The summed E-state index contributed by atoms with van der Waals surface area (Å²) in [6.07, 6.45) is 2.76. The molecule has 2 aromatic rings. The third-order valence-corrected chi connectivity index (χ3v) is 7.36. The lowest BCUT2D eigenvalue weighted by molar-refractivity contribution is 0.313. The second-order valence-electron chi connectivity index (χ2n) is 7.43. The number of nitrogens with one attached hydrogen (secondary N) is 1. The fraction of sp³-hybridized carbons (Fsp3) is 0.444. The Morgan fingerprint density at radius 2 is 2.17 bits per heavy atom. The minimum Gasteiger partial charge on any atom is -0.332 e. The largest absolute Gasteiger partial charge is 0.332 e. The van der Waals surface area contributed by atoms with Gasteiger partial charge in [0.1, 0.15) is 26.3 Å². The van der Waals surface area contributed by atoms with Gasteiger partial charge in [0.05, 0.1) is 11.2 Å². The van der Waals surface area contributed by atoms with Crippen LogP contribution in [0, 0.1) is 5.82 Å². The van der Waals surface area contributed by atoms with Gasteiger partial charge in [-0.25, -0.2) is 18.2 Å². The molecule has 0 bridgehead atoms. The number of nitrogens with zero attached hydrogens (tertiary/aromatic N) is 3. The van der Waals surface area contributed by atoms with Gasteiger partial charge in [-0.1, -0.05) is 38.8 Å². The zero-order valence-corrected chi connectivity index (χ0v) is 18.9. The smallest absolute Gasteiger partial charge is 0.275 e. The van der Waals surface area contributed by atoms with Crippen LogP contribution < -0.4 is 5.43 Å². The van der Waals surface area contributed by atoms with Crippen molar-refractivity contribution in [3.05, 3.63) is 51.9 Å². The van der Waals surface area contributed by atoms with Crippen molar-refractivity contribution in [2.24, 2.45) is 0 Å². The molecule has 1 unspecified atom stereocenters. The van der Waals surface area contributed by atoms with Crippen molar-refractivity contribution < 1.29 is 17.3 Å². The highest BCUT2D eigenvalue weighted by molar-refractivity contribution is 9.09. The highest BCUT2D eigenvalue weighted by Crippen LogP contribution is 2.54. The van der Waals surface area contributed by atoms with E-state index >= 15 is 0 Å². The first-order chi connectivity index (χ1) is 13.6. The summed E-state index contributed by atoms with van der Waals surface area (Å²) in [5, 5.41) is 6.22. The highest BCUT2D eigenvalue weighted by atomic mass is 79.9. The first-order valence-corrected chi connectivity index (χ1v) is 12.3. The quantitative estimate of drug-likeness (QED) is 0.476. The van der Waals surface area contributed by atoms with Crippen molar-refractivity contribution in [3.63, 3.8) is 0 Å². The van der Waals surface area contributed by atoms with Gasteiger partial charge in [0, 0.05) is 17.8 Å². The summed E-state index contributed by atoms with van der Waals surface area (Å²) >= 11 is 9.78. The third kappa shape index (κ3) is 3.95. The van der Waals surface area contributed by atoms with Crippen molar-refractivity contribution in [1.82, 2.24) is 20.6 Å². The van der Waals surface area contributed by atoms with Crippen LogP contribution in [0.5, 0.6) is 0 Å². The standard InChI is InChI=1S/C18H19BrClFN4O3S/c1-10-14(25(23-15(10)19)7-8-29(2,26)27)16-22-17(24-28-16)18(5-6-18)12-4-3-11(21)9-13(12)20/h3-4,9,15,23H,5-8H2,1-2H3. The first kappa shape index (κ1) is 20.8. The van der Waals surface area contributed by atoms with Gasteiger partial charge in [0.15, 0.2) is 5.82 Å². The third-order valence-electron chi connectivity index (χ3n) is 5.23. The van der Waals surface area contributed by atoms with Gasteiger partial charge in [-0.05, 0) is 43.0 Å². The zero-order valence-electron chi connectivity index (χ0n) is 15.7. The molecule has 1 aromatic carbocycles. The fourth-order valence-electron chi connectivity index (χ4n) is 3.48. The van der Waals surface area contributed by atoms with Crippen LogP contribution in [0.3, 0.4) is 0 Å². The van der Waals surface area contributed by atoms with E-state index in [0.29, 0.717) is 22.4 Å². The Labute approximate surface area is 181 Å². The molecule has 156 valence electrons. The molecule has 0 saturated heterocycles. The van der Waals surface area contributed by atoms with E-state index in [1.54, 1.807) is 11.1 Å². The lowest BCUT2D eigenvalue weighted by Gasteiger charge is -2.20. The molecule has 1 fully saturated rings. The molecule has 0 amide bonds. The molecule has 29 heavy (non-hydrogen) atoms. The van der Waals surface area contributed by atoms with Gasteiger partial charge in [0.2, 0.25) is 0 Å². The van der Waals surface area contributed by atoms with Crippen LogP contribution in [0.15, 0.2) is 28.3 Å². The Bertz CT molecular complexity index is 1100. The highest BCUT2D eigenvalue weighted by Gasteiger charge is 2.51. The normalized spacial score (nSPS) is 21.1. The molecule has 1 aliphatic heterocycles. The monoisotopic (exact) mass is 504 g/mol. The lowest BCUT2D eigenvalue weighted by atomic mass is 9.95. The fourth-order valence-corrected chi connectivity index (χ4v) is 4.81. The Morgan fingerprint density at radius 1 is 1.45 bits per heavy atom. The second kappa shape index (κ2) is 7.33. The van der Waals surface area contributed by atoms with Gasteiger partial charge in [-0.15, -0.1) is 0 Å². The van der Waals surface area contributed by atoms with Crippen molar-refractivity contribution in [2.75, 3.05) is 18.6 Å². The second-order valence-corrected chi connectivity index (χ2v) is 11.0. The maximum atomic E-state index is 13.4. The molecule has 2 heterocycles. The molecule has 1 atom stereocenters. The van der Waals surface area contributed by atoms with Crippen molar-refractivity contribution >= 4 is 43.1 Å². The summed E-state index contributed by atoms with van der Waals surface area (Å²) in [4.78, 5) is 4.43. The van der Waals surface area contributed by atoms with E-state index in [4.69, 9.17) is 16.1 Å². The van der Waals surface area contributed by atoms with Gasteiger partial charge < -0.3 is 9.53 Å². The maximum absolute atomic E-state index is 13.4. The number of halogens is 3. The van der Waals surface area contributed by atoms with E-state index in [0.717, 1.165) is 24.0 Å². The van der Waals surface area contributed by atoms with E-state index in [-0.39, 0.29) is 17.2 Å². The molecule has 7 nitrogen and oxygen atoms in total. The van der Waals surface area contributed by atoms with Gasteiger partial charge in [-0.2, -0.15) is 4.98 Å². The summed E-state index contributed by atoms with van der Waals surface area (Å²) in [6, 6.07) is 4.32.